The Bertz CT molecular complexity index is 4380. The Hall–Kier alpha value is -9.94. The topological polar surface area (TPSA) is 648 Å². The molecule has 0 saturated carbocycles. The molecule has 40 nitrogen and oxygen atoms in total. The summed E-state index contributed by atoms with van der Waals surface area (Å²) in [5.74, 6) is -9.45. The van der Waals surface area contributed by atoms with Gasteiger partial charge in [0, 0.05) is 36.4 Å². The third kappa shape index (κ3) is 18.9. The van der Waals surface area contributed by atoms with Crippen molar-refractivity contribution in [2.75, 3.05) is 33.0 Å². The predicted octanol–water partition coefficient (Wildman–Crippen LogP) is -4.35. The van der Waals surface area contributed by atoms with E-state index in [4.69, 9.17) is 66.0 Å². The van der Waals surface area contributed by atoms with E-state index in [2.05, 4.69) is 0 Å². The number of aliphatic hydroxyl groups is 16. The number of hydrogen-bond donors (Lipinski definition) is 23. The Morgan fingerprint density at radius 1 is 0.348 bits per heavy atom. The Balaban J connectivity index is 0.819. The zero-order valence-electron chi connectivity index (χ0n) is 57.8. The average molecular weight is 1580 g/mol. The molecule has 11 rings (SSSR count). The van der Waals surface area contributed by atoms with Crippen molar-refractivity contribution in [3.63, 3.8) is 0 Å². The van der Waals surface area contributed by atoms with Crippen LogP contribution in [0.15, 0.2) is 114 Å². The molecule has 112 heavy (non-hydrogen) atoms. The second-order valence-corrected chi connectivity index (χ2v) is 26.1. The fourth-order valence-electron chi connectivity index (χ4n) is 12.0. The molecule has 5 aliphatic rings. The molecule has 0 bridgehead atoms. The Morgan fingerprint density at radius 3 is 1.23 bits per heavy atom. The van der Waals surface area contributed by atoms with Gasteiger partial charge in [-0.3, -0.25) is 0 Å². The number of phenols is 7. The maximum absolute atomic E-state index is 13.5. The van der Waals surface area contributed by atoms with Crippen LogP contribution in [0.2, 0.25) is 0 Å². The molecule has 5 aliphatic heterocycles. The van der Waals surface area contributed by atoms with E-state index in [1.807, 2.05) is 0 Å². The Labute approximate surface area is 630 Å². The van der Waals surface area contributed by atoms with Gasteiger partial charge in [-0.15, -0.1) is 0 Å². The first-order chi connectivity index (χ1) is 53.3. The Morgan fingerprint density at radius 2 is 0.741 bits per heavy atom. The maximum Gasteiger partial charge on any atom is 0.402 e. The number of rotatable bonds is 25. The highest BCUT2D eigenvalue weighted by Gasteiger charge is 2.54. The smallest absolute Gasteiger partial charge is 0.402 e. The molecule has 0 radical (unpaired) electrons. The van der Waals surface area contributed by atoms with Crippen molar-refractivity contribution < 1.29 is 198 Å². The van der Waals surface area contributed by atoms with E-state index >= 15 is 0 Å². The number of aromatic hydroxyl groups is 7. The van der Waals surface area contributed by atoms with E-state index in [-0.39, 0.29) is 39.2 Å². The van der Waals surface area contributed by atoms with Crippen molar-refractivity contribution in [1.29, 1.82) is 0 Å². The molecule has 40 heteroatoms. The normalized spacial score (nSPS) is 32.3. The lowest BCUT2D eigenvalue weighted by Gasteiger charge is -2.45. The van der Waals surface area contributed by atoms with Crippen LogP contribution in [0, 0.1) is 0 Å². The molecule has 0 spiro atoms. The molecule has 23 N–H and O–H groups in total. The van der Waals surface area contributed by atoms with Gasteiger partial charge in [0.05, 0.1) is 24.8 Å². The molecule has 5 aromatic carbocycles. The van der Waals surface area contributed by atoms with Gasteiger partial charge in [0.15, 0.2) is 58.4 Å². The van der Waals surface area contributed by atoms with Gasteiger partial charge in [0.1, 0.15) is 153 Å². The average Bonchev–Trinajstić information content (AvgIpc) is 0.760. The number of phenolic OH excluding ortho intramolecular Hbond substituents is 7. The highest BCUT2D eigenvalue weighted by molar-refractivity contribution is 5.90. The lowest BCUT2D eigenvalue weighted by atomic mass is 9.97. The van der Waals surface area contributed by atoms with Gasteiger partial charge >= 0.3 is 29.3 Å². The summed E-state index contributed by atoms with van der Waals surface area (Å²) in [7, 11) is 0. The molecular formula is C72H79O40+. The number of fused-ring (bicyclic) bond motifs is 1. The van der Waals surface area contributed by atoms with Crippen LogP contribution in [0.5, 0.6) is 63.2 Å². The van der Waals surface area contributed by atoms with Gasteiger partial charge < -0.3 is 179 Å². The SMILES string of the molecule is O=C(C=Cc1ccc(O)c(O)c1)OC[C@H]1O[C@@H](Oc2ccc(/C=C/C(=O)OC[C@H]3O[C@@H](Oc4cc5c(O[C@@H]6O[C@H](CO)[C@@H](O)[C@H](O)[C@H]6O)cc(O)cc5[o+]c4-c4ccc(O)c(O)c4)[C@H](O[C@@H]4O[C@H](COC(=O)C=Cc5ccc(O)c(O[C@@H]6O[C@H](CO)[C@@H](O)[C@H](O)[C@H]6O)c5)[C@@H](O)[C@H](O)[C@H]4O)[C@@H](O)[C@@H]3O)cc2O)[C@H](O)[C@@H](O)[C@@H]1O. The van der Waals surface area contributed by atoms with Gasteiger partial charge in [0.2, 0.25) is 30.9 Å². The summed E-state index contributed by atoms with van der Waals surface area (Å²) in [6.07, 6.45) is -42.1. The van der Waals surface area contributed by atoms with Crippen molar-refractivity contribution in [3.8, 4) is 74.6 Å². The molecular weight excluding hydrogens is 1500 g/mol. The molecule has 606 valence electrons. The van der Waals surface area contributed by atoms with Crippen LogP contribution in [-0.4, -0.2) is 322 Å². The van der Waals surface area contributed by atoms with E-state index < -0.39 is 262 Å². The van der Waals surface area contributed by atoms with E-state index in [1.54, 1.807) is 0 Å². The Kier molecular flexibility index (Phi) is 26.6. The van der Waals surface area contributed by atoms with Crippen LogP contribution in [0.3, 0.4) is 0 Å². The fraction of sp³-hybridized carbons (Fsp3) is 0.417. The highest BCUT2D eigenvalue weighted by Crippen LogP contribution is 2.45. The summed E-state index contributed by atoms with van der Waals surface area (Å²) < 4.78 is 80.2. The fourth-order valence-corrected chi connectivity index (χ4v) is 12.0. The summed E-state index contributed by atoms with van der Waals surface area (Å²) in [6.45, 7) is -4.28. The standard InChI is InChI=1S/C72H78O40/c73-22-44-52(85)57(90)62(95)69(107-44)104-41-20-31(75)19-40-32(41)21-43(66(102-40)30-7-10-34(77)37(80)18-30)106-72-67(112-71-65(98)60(93)55(88)47(110-71)25-100-51(84)14-6-29-2-9-35(78)42(17-29)105-70-63(96)58(91)53(86)45(23-74)108-70)61(94)56(89)48(111-72)26-101-50(83)13-5-28-3-11-39(38(81)16-28)103-68-64(97)59(92)54(87)46(109-68)24-99-49(82)12-4-27-1-8-33(76)36(79)15-27/h1-21,44-48,52-65,67-74,85-98H,22-26H2,(H6-,75,76,77,78,79,80,81,82,84)/p+1/b13-5+/t44-,45-,46-,47-,48-,52-,53-,54-,55-,56-,57+,58+,59+,60+,61+,62-,63-,64-,65-,67-,68-,69-,70-,71+,72-/m1/s1. The third-order valence-electron chi connectivity index (χ3n) is 18.4. The number of benzene rings is 5. The summed E-state index contributed by atoms with van der Waals surface area (Å²) in [5.41, 5.74) is 0.0687. The number of ether oxygens (including phenoxy) is 13. The maximum atomic E-state index is 13.5. The van der Waals surface area contributed by atoms with Gasteiger partial charge in [-0.2, -0.15) is 0 Å². The van der Waals surface area contributed by atoms with Gasteiger partial charge in [0.25, 0.3) is 0 Å². The molecule has 0 amide bonds. The van der Waals surface area contributed by atoms with Crippen LogP contribution in [0.4, 0.5) is 0 Å². The number of hydrogen-bond acceptors (Lipinski definition) is 39. The molecule has 1 aromatic heterocycles. The first-order valence-corrected chi connectivity index (χ1v) is 34.0. The lowest BCUT2D eigenvalue weighted by Crippen LogP contribution is -2.65. The highest BCUT2D eigenvalue weighted by atomic mass is 16.8. The summed E-state index contributed by atoms with van der Waals surface area (Å²) in [5, 5.41) is 245. The van der Waals surface area contributed by atoms with Gasteiger partial charge in [-0.25, -0.2) is 18.8 Å². The van der Waals surface area contributed by atoms with Gasteiger partial charge in [-0.1, -0.05) is 18.2 Å². The first kappa shape index (κ1) is 83.0. The van der Waals surface area contributed by atoms with Crippen LogP contribution < -0.4 is 18.9 Å². The minimum absolute atomic E-state index is 0.0743. The zero-order valence-corrected chi connectivity index (χ0v) is 57.8. The molecule has 25 atom stereocenters. The zero-order chi connectivity index (χ0) is 80.8. The summed E-state index contributed by atoms with van der Waals surface area (Å²) in [4.78, 5) is 39.3. The minimum atomic E-state index is -2.33. The summed E-state index contributed by atoms with van der Waals surface area (Å²) in [6, 6.07) is 17.0. The molecule has 5 fully saturated rings. The van der Waals surface area contributed by atoms with Crippen LogP contribution in [0.25, 0.3) is 40.5 Å². The number of carbonyl (C=O) groups is 3. The number of carbonyl (C=O) groups excluding carboxylic acids is 3. The van der Waals surface area contributed by atoms with E-state index in [9.17, 15) is 132 Å². The molecule has 6 heterocycles. The number of aliphatic hydroxyl groups excluding tert-OH is 16. The quantitative estimate of drug-likeness (QED) is 0.00847. The van der Waals surface area contributed by atoms with Crippen molar-refractivity contribution in [1.82, 2.24) is 0 Å². The van der Waals surface area contributed by atoms with Crippen LogP contribution >= 0.6 is 0 Å². The van der Waals surface area contributed by atoms with Crippen LogP contribution in [-0.2, 0) is 57.0 Å². The van der Waals surface area contributed by atoms with Crippen molar-refractivity contribution in [2.45, 2.75) is 154 Å². The third-order valence-corrected chi connectivity index (χ3v) is 18.4. The van der Waals surface area contributed by atoms with Crippen molar-refractivity contribution >= 4 is 47.1 Å². The van der Waals surface area contributed by atoms with E-state index in [1.165, 1.54) is 36.4 Å². The monoisotopic (exact) mass is 1580 g/mol. The largest absolute Gasteiger partial charge is 0.507 e. The molecule has 5 saturated heterocycles. The lowest BCUT2D eigenvalue weighted by molar-refractivity contribution is -0.358. The van der Waals surface area contributed by atoms with Crippen molar-refractivity contribution in [3.05, 3.63) is 126 Å². The van der Waals surface area contributed by atoms with E-state index in [0.29, 0.717) is 5.56 Å². The van der Waals surface area contributed by atoms with Crippen molar-refractivity contribution in [2.24, 2.45) is 0 Å². The second kappa shape index (κ2) is 35.8. The van der Waals surface area contributed by atoms with E-state index in [0.717, 1.165) is 91.0 Å². The predicted molar refractivity (Wildman–Crippen MR) is 366 cm³/mol. The summed E-state index contributed by atoms with van der Waals surface area (Å²) >= 11 is 0. The first-order valence-electron chi connectivity index (χ1n) is 34.0. The van der Waals surface area contributed by atoms with Gasteiger partial charge in [-0.05, 0) is 83.4 Å². The molecule has 0 unspecified atom stereocenters. The van der Waals surface area contributed by atoms with Crippen LogP contribution in [0.1, 0.15) is 16.7 Å². The molecule has 0 aliphatic carbocycles. The molecule has 6 aromatic rings. The number of esters is 3. The second-order valence-electron chi connectivity index (χ2n) is 26.1. The minimum Gasteiger partial charge on any atom is -0.507 e.